The van der Waals surface area contributed by atoms with Crippen molar-refractivity contribution in [1.29, 1.82) is 0 Å². The van der Waals surface area contributed by atoms with Crippen LogP contribution >= 0.6 is 0 Å². The van der Waals surface area contributed by atoms with Crippen LogP contribution in [0.25, 0.3) is 0 Å². The van der Waals surface area contributed by atoms with Crippen LogP contribution in [0.5, 0.6) is 0 Å². The molecule has 5 nitrogen and oxygen atoms in total. The van der Waals surface area contributed by atoms with E-state index in [1.54, 1.807) is 0 Å². The maximum Gasteiger partial charge on any atom is 0.306 e. The Morgan fingerprint density at radius 2 is 2.06 bits per heavy atom. The highest BCUT2D eigenvalue weighted by atomic mass is 16.6. The molecule has 0 radical (unpaired) electrons. The van der Waals surface area contributed by atoms with Crippen LogP contribution in [-0.2, 0) is 9.53 Å². The number of esters is 1. The Bertz CT molecular complexity index is 218. The minimum absolute atomic E-state index is 0.138. The van der Waals surface area contributed by atoms with Gasteiger partial charge in [-0.15, -0.1) is 0 Å². The zero-order valence-corrected chi connectivity index (χ0v) is 10.1. The van der Waals surface area contributed by atoms with Gasteiger partial charge in [0.1, 0.15) is 0 Å². The van der Waals surface area contributed by atoms with Crippen molar-refractivity contribution < 1.29 is 14.5 Å². The zero-order chi connectivity index (χ0) is 12.4. The molecule has 0 aliphatic carbocycles. The van der Waals surface area contributed by atoms with Gasteiger partial charge in [-0.2, -0.15) is 0 Å². The molecule has 0 spiro atoms. The third kappa shape index (κ3) is 8.20. The molecule has 0 N–H and O–H groups in total. The molecule has 0 bridgehead atoms. The standard InChI is InChI=1S/C11H21NO4/c1-3-4-5-6-7-10(9-12(14)15)8-11(13)16-2/h10H,3-9H2,1-2H3. The van der Waals surface area contributed by atoms with Crippen LogP contribution in [-0.4, -0.2) is 24.5 Å². The van der Waals surface area contributed by atoms with Crippen molar-refractivity contribution in [3.8, 4) is 0 Å². The van der Waals surface area contributed by atoms with E-state index in [9.17, 15) is 14.9 Å². The highest BCUT2D eigenvalue weighted by Gasteiger charge is 2.19. The highest BCUT2D eigenvalue weighted by Crippen LogP contribution is 2.15. The Kier molecular flexibility index (Phi) is 8.48. The van der Waals surface area contributed by atoms with Gasteiger partial charge in [0.05, 0.1) is 13.5 Å². The van der Waals surface area contributed by atoms with Crippen molar-refractivity contribution in [2.75, 3.05) is 13.7 Å². The molecular formula is C11H21NO4. The van der Waals surface area contributed by atoms with Crippen LogP contribution in [0.4, 0.5) is 0 Å². The lowest BCUT2D eigenvalue weighted by Gasteiger charge is -2.10. The minimum atomic E-state index is -0.359. The molecular weight excluding hydrogens is 210 g/mol. The van der Waals surface area contributed by atoms with Crippen molar-refractivity contribution >= 4 is 5.97 Å². The fourth-order valence-corrected chi connectivity index (χ4v) is 1.65. The third-order valence-corrected chi connectivity index (χ3v) is 2.56. The number of hydrogen-bond acceptors (Lipinski definition) is 4. The normalized spacial score (nSPS) is 12.1. The van der Waals surface area contributed by atoms with E-state index in [-0.39, 0.29) is 29.8 Å². The van der Waals surface area contributed by atoms with E-state index < -0.39 is 0 Å². The van der Waals surface area contributed by atoms with Gasteiger partial charge in [0, 0.05) is 10.8 Å². The molecule has 0 rings (SSSR count). The Morgan fingerprint density at radius 1 is 1.38 bits per heavy atom. The lowest BCUT2D eigenvalue weighted by atomic mass is 9.97. The molecule has 0 aromatic carbocycles. The second kappa shape index (κ2) is 9.12. The molecule has 1 unspecified atom stereocenters. The first-order valence-corrected chi connectivity index (χ1v) is 5.78. The first-order valence-electron chi connectivity index (χ1n) is 5.78. The summed E-state index contributed by atoms with van der Waals surface area (Å²) in [5.74, 6) is -0.540. The maximum absolute atomic E-state index is 11.0. The lowest BCUT2D eigenvalue weighted by Crippen LogP contribution is -2.18. The maximum atomic E-state index is 11.0. The first-order chi connectivity index (χ1) is 7.60. The SMILES string of the molecule is CCCCCCC(CC(=O)OC)C[N+](=O)[O-]. The van der Waals surface area contributed by atoms with E-state index in [1.807, 2.05) is 0 Å². The van der Waals surface area contributed by atoms with Gasteiger partial charge in [0.25, 0.3) is 0 Å². The summed E-state index contributed by atoms with van der Waals surface area (Å²) in [5, 5.41) is 10.4. The zero-order valence-electron chi connectivity index (χ0n) is 10.1. The summed E-state index contributed by atoms with van der Waals surface area (Å²) in [4.78, 5) is 21.1. The van der Waals surface area contributed by atoms with Gasteiger partial charge < -0.3 is 4.74 Å². The molecule has 0 aromatic rings. The average Bonchev–Trinajstić information content (AvgIpc) is 2.23. The highest BCUT2D eigenvalue weighted by molar-refractivity contribution is 5.69. The second-order valence-corrected chi connectivity index (χ2v) is 4.01. The van der Waals surface area contributed by atoms with Crippen molar-refractivity contribution in [2.24, 2.45) is 5.92 Å². The summed E-state index contributed by atoms with van der Waals surface area (Å²) in [6.45, 7) is 1.98. The largest absolute Gasteiger partial charge is 0.469 e. The predicted molar refractivity (Wildman–Crippen MR) is 60.7 cm³/mol. The van der Waals surface area contributed by atoms with Gasteiger partial charge in [-0.05, 0) is 6.42 Å². The molecule has 0 aliphatic heterocycles. The molecule has 0 amide bonds. The van der Waals surface area contributed by atoms with Gasteiger partial charge in [-0.25, -0.2) is 0 Å². The fraction of sp³-hybridized carbons (Fsp3) is 0.909. The van der Waals surface area contributed by atoms with Crippen LogP contribution in [0.2, 0.25) is 0 Å². The number of nitrogens with zero attached hydrogens (tertiary/aromatic N) is 1. The first kappa shape index (κ1) is 14.9. The van der Waals surface area contributed by atoms with Gasteiger partial charge in [-0.3, -0.25) is 14.9 Å². The fourth-order valence-electron chi connectivity index (χ4n) is 1.65. The van der Waals surface area contributed by atoms with E-state index in [0.717, 1.165) is 32.1 Å². The number of carbonyl (C=O) groups excluding carboxylic acids is 1. The minimum Gasteiger partial charge on any atom is -0.469 e. The van der Waals surface area contributed by atoms with Gasteiger partial charge in [0.15, 0.2) is 0 Å². The molecule has 94 valence electrons. The van der Waals surface area contributed by atoms with Crippen molar-refractivity contribution in [2.45, 2.75) is 45.4 Å². The molecule has 0 aliphatic rings. The second-order valence-electron chi connectivity index (χ2n) is 4.01. The summed E-state index contributed by atoms with van der Waals surface area (Å²) < 4.78 is 4.53. The van der Waals surface area contributed by atoms with Gasteiger partial charge >= 0.3 is 5.97 Å². The Labute approximate surface area is 96.3 Å². The third-order valence-electron chi connectivity index (χ3n) is 2.56. The molecule has 5 heteroatoms. The molecule has 0 aromatic heterocycles. The van der Waals surface area contributed by atoms with Crippen LogP contribution in [0.1, 0.15) is 45.4 Å². The van der Waals surface area contributed by atoms with Crippen molar-refractivity contribution in [3.63, 3.8) is 0 Å². The summed E-state index contributed by atoms with van der Waals surface area (Å²) in [5.41, 5.74) is 0. The number of hydrogen-bond donors (Lipinski definition) is 0. The molecule has 1 atom stereocenters. The number of nitro groups is 1. The Hall–Kier alpha value is -1.13. The number of unbranched alkanes of at least 4 members (excludes halogenated alkanes) is 3. The lowest BCUT2D eigenvalue weighted by molar-refractivity contribution is -0.488. The molecule has 0 heterocycles. The van der Waals surface area contributed by atoms with Crippen LogP contribution < -0.4 is 0 Å². The smallest absolute Gasteiger partial charge is 0.306 e. The number of ether oxygens (including phenoxy) is 1. The summed E-state index contributed by atoms with van der Waals surface area (Å²) >= 11 is 0. The summed E-state index contributed by atoms with van der Waals surface area (Å²) in [6.07, 6.45) is 5.19. The summed E-state index contributed by atoms with van der Waals surface area (Å²) in [7, 11) is 1.31. The topological polar surface area (TPSA) is 69.4 Å². The van der Waals surface area contributed by atoms with Gasteiger partial charge in [0.2, 0.25) is 6.54 Å². The predicted octanol–water partition coefficient (Wildman–Crippen LogP) is 2.41. The van der Waals surface area contributed by atoms with E-state index in [1.165, 1.54) is 7.11 Å². The molecule has 0 saturated carbocycles. The molecule has 0 saturated heterocycles. The Morgan fingerprint density at radius 3 is 2.56 bits per heavy atom. The van der Waals surface area contributed by atoms with E-state index >= 15 is 0 Å². The van der Waals surface area contributed by atoms with Crippen LogP contribution in [0.3, 0.4) is 0 Å². The monoisotopic (exact) mass is 231 g/mol. The van der Waals surface area contributed by atoms with Crippen molar-refractivity contribution in [1.82, 2.24) is 0 Å². The van der Waals surface area contributed by atoms with Crippen molar-refractivity contribution in [3.05, 3.63) is 10.1 Å². The van der Waals surface area contributed by atoms with E-state index in [0.29, 0.717) is 0 Å². The average molecular weight is 231 g/mol. The van der Waals surface area contributed by atoms with E-state index in [4.69, 9.17) is 0 Å². The molecule has 16 heavy (non-hydrogen) atoms. The van der Waals surface area contributed by atoms with E-state index in [2.05, 4.69) is 11.7 Å². The number of rotatable bonds is 9. The van der Waals surface area contributed by atoms with Crippen LogP contribution in [0.15, 0.2) is 0 Å². The van der Waals surface area contributed by atoms with Gasteiger partial charge in [-0.1, -0.05) is 32.6 Å². The Balaban J connectivity index is 3.90. The number of methoxy groups -OCH3 is 1. The number of carbonyl (C=O) groups is 1. The van der Waals surface area contributed by atoms with Crippen LogP contribution in [0, 0.1) is 16.0 Å². The quantitative estimate of drug-likeness (QED) is 0.264. The molecule has 0 fully saturated rings. The summed E-state index contributed by atoms with van der Waals surface area (Å²) in [6, 6.07) is 0.